The minimum atomic E-state index is -1.08. The predicted octanol–water partition coefficient (Wildman–Crippen LogP) is 5.28. The van der Waals surface area contributed by atoms with Gasteiger partial charge in [0.1, 0.15) is 23.6 Å². The molecule has 31 heavy (non-hydrogen) atoms. The molecule has 1 amide bonds. The van der Waals surface area contributed by atoms with Gasteiger partial charge >= 0.3 is 0 Å². The van der Waals surface area contributed by atoms with Crippen LogP contribution in [-0.4, -0.2) is 11.5 Å². The summed E-state index contributed by atoms with van der Waals surface area (Å²) in [5, 5.41) is 1.80. The fourth-order valence-electron chi connectivity index (χ4n) is 4.68. The zero-order chi connectivity index (χ0) is 20.8. The van der Waals surface area contributed by atoms with Crippen molar-refractivity contribution in [2.75, 3.05) is 9.96 Å². The van der Waals surface area contributed by atoms with E-state index in [0.29, 0.717) is 12.2 Å². The Morgan fingerprint density at radius 2 is 1.35 bits per heavy atom. The van der Waals surface area contributed by atoms with Gasteiger partial charge < -0.3 is 8.83 Å². The van der Waals surface area contributed by atoms with E-state index in [4.69, 9.17) is 13.7 Å². The lowest BCUT2D eigenvalue weighted by Crippen LogP contribution is -2.69. The van der Waals surface area contributed by atoms with Gasteiger partial charge in [0.2, 0.25) is 5.60 Å². The van der Waals surface area contributed by atoms with Crippen LogP contribution in [-0.2, 0) is 9.63 Å². The molecule has 0 unspecified atom stereocenters. The van der Waals surface area contributed by atoms with E-state index in [1.807, 2.05) is 84.9 Å². The third-order valence-corrected chi connectivity index (χ3v) is 6.05. The largest absolute Gasteiger partial charge is 0.467 e. The van der Waals surface area contributed by atoms with Crippen molar-refractivity contribution < 1.29 is 18.5 Å². The van der Waals surface area contributed by atoms with E-state index in [1.165, 1.54) is 0 Å². The molecule has 0 N–H and O–H groups in total. The van der Waals surface area contributed by atoms with Gasteiger partial charge in [-0.25, -0.2) is 5.06 Å². The van der Waals surface area contributed by atoms with E-state index in [-0.39, 0.29) is 18.0 Å². The van der Waals surface area contributed by atoms with Crippen molar-refractivity contribution in [3.63, 3.8) is 0 Å². The first-order chi connectivity index (χ1) is 15.3. The van der Waals surface area contributed by atoms with Gasteiger partial charge in [0.25, 0.3) is 5.91 Å². The van der Waals surface area contributed by atoms with Gasteiger partial charge in [-0.05, 0) is 48.5 Å². The molecule has 2 aromatic carbocycles. The predicted molar refractivity (Wildman–Crippen MR) is 114 cm³/mol. The molecule has 0 aliphatic carbocycles. The highest BCUT2D eigenvalue weighted by atomic mass is 16.7. The van der Waals surface area contributed by atoms with Gasteiger partial charge in [-0.1, -0.05) is 36.4 Å². The maximum absolute atomic E-state index is 13.7. The normalized spacial score (nSPS) is 25.2. The Labute approximate surface area is 179 Å². The molecule has 6 heteroatoms. The molecular formula is C25H20N2O4. The Kier molecular flexibility index (Phi) is 4.01. The van der Waals surface area contributed by atoms with E-state index in [0.717, 1.165) is 17.1 Å². The minimum absolute atomic E-state index is 0.0879. The van der Waals surface area contributed by atoms with Crippen LogP contribution < -0.4 is 9.96 Å². The van der Waals surface area contributed by atoms with Crippen molar-refractivity contribution in [2.24, 2.45) is 0 Å². The average molecular weight is 412 g/mol. The molecule has 2 aliphatic rings. The van der Waals surface area contributed by atoms with E-state index < -0.39 is 5.60 Å². The summed E-state index contributed by atoms with van der Waals surface area (Å²) in [6.45, 7) is 0. The summed E-state index contributed by atoms with van der Waals surface area (Å²) in [4.78, 5) is 22.0. The lowest BCUT2D eigenvalue weighted by Gasteiger charge is -2.51. The summed E-state index contributed by atoms with van der Waals surface area (Å²) in [6.07, 6.45) is 3.72. The van der Waals surface area contributed by atoms with Gasteiger partial charge in [0.15, 0.2) is 0 Å². The Morgan fingerprint density at radius 3 is 1.97 bits per heavy atom. The Morgan fingerprint density at radius 1 is 0.742 bits per heavy atom. The third kappa shape index (κ3) is 2.65. The zero-order valence-electron chi connectivity index (χ0n) is 16.6. The van der Waals surface area contributed by atoms with Crippen molar-refractivity contribution in [1.82, 2.24) is 0 Å². The summed E-state index contributed by atoms with van der Waals surface area (Å²) in [5.41, 5.74) is 0.599. The molecule has 2 fully saturated rings. The van der Waals surface area contributed by atoms with Crippen molar-refractivity contribution in [3.8, 4) is 0 Å². The van der Waals surface area contributed by atoms with Crippen LogP contribution in [0.2, 0.25) is 0 Å². The lowest BCUT2D eigenvalue weighted by molar-refractivity contribution is -0.159. The molecule has 1 spiro atoms. The van der Waals surface area contributed by atoms with Crippen LogP contribution in [0.1, 0.15) is 30.0 Å². The van der Waals surface area contributed by atoms with Crippen LogP contribution in [0.3, 0.4) is 0 Å². The van der Waals surface area contributed by atoms with Crippen molar-refractivity contribution in [1.29, 1.82) is 0 Å². The summed E-state index contributed by atoms with van der Waals surface area (Å²) >= 11 is 0. The number of benzene rings is 2. The molecule has 154 valence electrons. The van der Waals surface area contributed by atoms with Crippen molar-refractivity contribution in [3.05, 3.63) is 109 Å². The molecule has 0 bridgehead atoms. The molecule has 0 radical (unpaired) electrons. The molecule has 4 heterocycles. The highest BCUT2D eigenvalue weighted by Crippen LogP contribution is 2.58. The number of anilines is 2. The smallest absolute Gasteiger partial charge is 0.265 e. The standard InChI is InChI=1S/C25H20N2O4/c28-24-25(23(22-14-8-16-30-22)26(24)18-9-3-1-4-10-18)17-20(21-13-7-15-29-21)27(31-25)19-11-5-2-6-12-19/h1-16,20,23H,17H2/t20-,23-,25-/m1/s1. The lowest BCUT2D eigenvalue weighted by atomic mass is 9.76. The second-order valence-corrected chi connectivity index (χ2v) is 7.81. The highest BCUT2D eigenvalue weighted by Gasteiger charge is 2.70. The van der Waals surface area contributed by atoms with E-state index >= 15 is 0 Å². The third-order valence-electron chi connectivity index (χ3n) is 6.05. The van der Waals surface area contributed by atoms with Crippen molar-refractivity contribution in [2.45, 2.75) is 24.1 Å². The van der Waals surface area contributed by atoms with Gasteiger partial charge in [-0.2, -0.15) is 0 Å². The summed E-state index contributed by atoms with van der Waals surface area (Å²) in [6, 6.07) is 26.3. The number of rotatable bonds is 4. The molecule has 2 saturated heterocycles. The first-order valence-corrected chi connectivity index (χ1v) is 10.3. The van der Waals surface area contributed by atoms with Crippen LogP contribution in [0.4, 0.5) is 11.4 Å². The monoisotopic (exact) mass is 412 g/mol. The number of para-hydroxylation sites is 2. The number of carbonyl (C=O) groups excluding carboxylic acids is 1. The number of carbonyl (C=O) groups is 1. The van der Waals surface area contributed by atoms with Gasteiger partial charge in [0, 0.05) is 12.1 Å². The van der Waals surface area contributed by atoms with Gasteiger partial charge in [-0.3, -0.25) is 14.5 Å². The zero-order valence-corrected chi connectivity index (χ0v) is 16.6. The molecule has 4 aromatic rings. The number of hydrogen-bond donors (Lipinski definition) is 0. The molecule has 6 rings (SSSR count). The average Bonchev–Trinajstić information content (AvgIpc) is 3.59. The van der Waals surface area contributed by atoms with Crippen LogP contribution in [0.5, 0.6) is 0 Å². The van der Waals surface area contributed by atoms with Crippen LogP contribution in [0, 0.1) is 0 Å². The van der Waals surface area contributed by atoms with E-state index in [2.05, 4.69) is 0 Å². The molecule has 6 nitrogen and oxygen atoms in total. The second kappa shape index (κ2) is 6.89. The number of furan rings is 2. The number of nitrogens with zero attached hydrogens (tertiary/aromatic N) is 2. The summed E-state index contributed by atoms with van der Waals surface area (Å²) in [5.74, 6) is 1.36. The Hall–Kier alpha value is -3.77. The number of amides is 1. The Balaban J connectivity index is 1.45. The molecule has 3 atom stereocenters. The first-order valence-electron chi connectivity index (χ1n) is 10.3. The number of hydroxylamine groups is 1. The minimum Gasteiger partial charge on any atom is -0.467 e. The molecule has 2 aromatic heterocycles. The maximum Gasteiger partial charge on any atom is 0.265 e. The SMILES string of the molecule is O=C1N(c2ccccc2)[C@H](c2ccco2)[C@]12C[C@H](c1ccco1)N(c1ccccc1)O2. The number of β-lactam (4-membered cyclic amide) rings is 1. The van der Waals surface area contributed by atoms with Crippen LogP contribution in [0.25, 0.3) is 0 Å². The quantitative estimate of drug-likeness (QED) is 0.427. The molecule has 2 aliphatic heterocycles. The summed E-state index contributed by atoms with van der Waals surface area (Å²) < 4.78 is 11.5. The topological polar surface area (TPSA) is 59.1 Å². The van der Waals surface area contributed by atoms with Gasteiger partial charge in [-0.15, -0.1) is 0 Å². The number of hydrogen-bond acceptors (Lipinski definition) is 5. The summed E-state index contributed by atoms with van der Waals surface area (Å²) in [7, 11) is 0. The highest BCUT2D eigenvalue weighted by molar-refractivity contribution is 6.08. The maximum atomic E-state index is 13.7. The fourth-order valence-corrected chi connectivity index (χ4v) is 4.68. The van der Waals surface area contributed by atoms with E-state index in [9.17, 15) is 4.79 Å². The van der Waals surface area contributed by atoms with Gasteiger partial charge in [0.05, 0.1) is 18.2 Å². The molecular weight excluding hydrogens is 392 g/mol. The van der Waals surface area contributed by atoms with E-state index in [1.54, 1.807) is 22.5 Å². The fraction of sp³-hybridized carbons (Fsp3) is 0.160. The first kappa shape index (κ1) is 18.0. The van der Waals surface area contributed by atoms with Crippen LogP contribution in [0.15, 0.2) is 106 Å². The Bertz CT molecular complexity index is 1180. The molecule has 0 saturated carbocycles. The van der Waals surface area contributed by atoms with Crippen LogP contribution >= 0.6 is 0 Å². The second-order valence-electron chi connectivity index (χ2n) is 7.81. The van der Waals surface area contributed by atoms with Crippen molar-refractivity contribution >= 4 is 17.3 Å².